The molecule has 0 radical (unpaired) electrons. The van der Waals surface area contributed by atoms with Crippen molar-refractivity contribution in [3.8, 4) is 11.8 Å². The SMILES string of the molecule is COc1ccc(C(NCC(O)c2ccc(C#N)cc2)C(C)C)cc1. The highest BCUT2D eigenvalue weighted by molar-refractivity contribution is 5.33. The third-order valence-electron chi connectivity index (χ3n) is 4.10. The second-order valence-corrected chi connectivity index (χ2v) is 6.15. The molecule has 2 atom stereocenters. The van der Waals surface area contributed by atoms with Gasteiger partial charge >= 0.3 is 0 Å². The molecule has 0 saturated heterocycles. The number of nitrogens with zero attached hydrogens (tertiary/aromatic N) is 1. The van der Waals surface area contributed by atoms with E-state index in [1.165, 1.54) is 0 Å². The highest BCUT2D eigenvalue weighted by Crippen LogP contribution is 2.24. The van der Waals surface area contributed by atoms with Crippen molar-refractivity contribution in [1.29, 1.82) is 5.26 Å². The summed E-state index contributed by atoms with van der Waals surface area (Å²) in [5.74, 6) is 1.21. The Hall–Kier alpha value is -2.35. The van der Waals surface area contributed by atoms with Gasteiger partial charge in [0.05, 0.1) is 24.8 Å². The minimum atomic E-state index is -0.614. The van der Waals surface area contributed by atoms with Crippen LogP contribution in [0.1, 0.15) is 42.7 Å². The predicted molar refractivity (Wildman–Crippen MR) is 94.7 cm³/mol. The number of ether oxygens (including phenoxy) is 1. The molecule has 4 heteroatoms. The first-order chi connectivity index (χ1) is 11.5. The minimum Gasteiger partial charge on any atom is -0.497 e. The molecule has 0 fully saturated rings. The van der Waals surface area contributed by atoms with Gasteiger partial charge in [-0.05, 0) is 41.3 Å². The van der Waals surface area contributed by atoms with Crippen molar-refractivity contribution in [2.24, 2.45) is 5.92 Å². The van der Waals surface area contributed by atoms with Crippen LogP contribution in [0.3, 0.4) is 0 Å². The molecule has 0 saturated carbocycles. The summed E-state index contributed by atoms with van der Waals surface area (Å²) >= 11 is 0. The van der Waals surface area contributed by atoms with Crippen molar-refractivity contribution in [3.05, 3.63) is 65.2 Å². The van der Waals surface area contributed by atoms with Crippen molar-refractivity contribution in [2.45, 2.75) is 26.0 Å². The third kappa shape index (κ3) is 4.58. The van der Waals surface area contributed by atoms with Crippen molar-refractivity contribution < 1.29 is 9.84 Å². The van der Waals surface area contributed by atoms with Gasteiger partial charge in [0.1, 0.15) is 5.75 Å². The van der Waals surface area contributed by atoms with Crippen LogP contribution in [0.2, 0.25) is 0 Å². The molecule has 126 valence electrons. The lowest BCUT2D eigenvalue weighted by Gasteiger charge is -2.25. The highest BCUT2D eigenvalue weighted by atomic mass is 16.5. The summed E-state index contributed by atoms with van der Waals surface area (Å²) in [6.45, 7) is 4.74. The van der Waals surface area contributed by atoms with Gasteiger partial charge in [0, 0.05) is 12.6 Å². The van der Waals surface area contributed by atoms with Crippen LogP contribution < -0.4 is 10.1 Å². The molecule has 4 nitrogen and oxygen atoms in total. The lowest BCUT2D eigenvalue weighted by molar-refractivity contribution is 0.165. The number of aliphatic hydroxyl groups excluding tert-OH is 1. The zero-order valence-corrected chi connectivity index (χ0v) is 14.4. The average Bonchev–Trinajstić information content (AvgIpc) is 2.62. The first kappa shape index (κ1) is 18.0. The zero-order chi connectivity index (χ0) is 17.5. The normalized spacial score (nSPS) is 13.3. The van der Waals surface area contributed by atoms with Crippen LogP contribution in [0.15, 0.2) is 48.5 Å². The Bertz CT molecular complexity index is 672. The summed E-state index contributed by atoms with van der Waals surface area (Å²) in [5.41, 5.74) is 2.56. The Labute approximate surface area is 143 Å². The lowest BCUT2D eigenvalue weighted by atomic mass is 9.95. The number of nitriles is 1. The topological polar surface area (TPSA) is 65.3 Å². The summed E-state index contributed by atoms with van der Waals surface area (Å²) in [5, 5.41) is 22.7. The smallest absolute Gasteiger partial charge is 0.118 e. The molecule has 24 heavy (non-hydrogen) atoms. The van der Waals surface area contributed by atoms with E-state index in [9.17, 15) is 5.11 Å². The Kier molecular flexibility index (Phi) is 6.36. The number of hydrogen-bond acceptors (Lipinski definition) is 4. The quantitative estimate of drug-likeness (QED) is 0.817. The van der Waals surface area contributed by atoms with Gasteiger partial charge < -0.3 is 15.2 Å². The van der Waals surface area contributed by atoms with Gasteiger partial charge in [-0.1, -0.05) is 38.1 Å². The second kappa shape index (κ2) is 8.49. The molecule has 0 aliphatic rings. The Morgan fingerprint density at radius 1 is 1.04 bits per heavy atom. The minimum absolute atomic E-state index is 0.143. The molecule has 2 aromatic rings. The van der Waals surface area contributed by atoms with Crippen LogP contribution in [0, 0.1) is 17.2 Å². The van der Waals surface area contributed by atoms with Gasteiger partial charge in [0.25, 0.3) is 0 Å². The molecule has 0 heterocycles. The molecule has 0 aliphatic heterocycles. The van der Waals surface area contributed by atoms with Crippen LogP contribution in [0.5, 0.6) is 5.75 Å². The molecular weight excluding hydrogens is 300 g/mol. The average molecular weight is 324 g/mol. The van der Waals surface area contributed by atoms with Gasteiger partial charge in [-0.15, -0.1) is 0 Å². The van der Waals surface area contributed by atoms with Crippen molar-refractivity contribution in [3.63, 3.8) is 0 Å². The highest BCUT2D eigenvalue weighted by Gasteiger charge is 2.17. The number of benzene rings is 2. The van der Waals surface area contributed by atoms with E-state index >= 15 is 0 Å². The van der Waals surface area contributed by atoms with E-state index in [1.807, 2.05) is 24.3 Å². The molecule has 0 spiro atoms. The van der Waals surface area contributed by atoms with E-state index in [1.54, 1.807) is 31.4 Å². The number of methoxy groups -OCH3 is 1. The van der Waals surface area contributed by atoms with Crippen LogP contribution >= 0.6 is 0 Å². The maximum absolute atomic E-state index is 10.4. The van der Waals surface area contributed by atoms with E-state index in [4.69, 9.17) is 10.00 Å². The summed E-state index contributed by atoms with van der Waals surface area (Å²) in [4.78, 5) is 0. The van der Waals surface area contributed by atoms with Crippen LogP contribution in [0.4, 0.5) is 0 Å². The molecule has 2 rings (SSSR count). The molecule has 0 amide bonds. The van der Waals surface area contributed by atoms with Gasteiger partial charge in [0.15, 0.2) is 0 Å². The van der Waals surface area contributed by atoms with Crippen molar-refractivity contribution in [1.82, 2.24) is 5.32 Å². The first-order valence-electron chi connectivity index (χ1n) is 8.10. The van der Waals surface area contributed by atoms with E-state index in [0.717, 1.165) is 16.9 Å². The fourth-order valence-electron chi connectivity index (χ4n) is 2.69. The third-order valence-corrected chi connectivity index (χ3v) is 4.10. The van der Waals surface area contributed by atoms with Crippen molar-refractivity contribution in [2.75, 3.05) is 13.7 Å². The largest absolute Gasteiger partial charge is 0.497 e. The zero-order valence-electron chi connectivity index (χ0n) is 14.4. The summed E-state index contributed by atoms with van der Waals surface area (Å²) < 4.78 is 5.20. The maximum atomic E-state index is 10.4. The summed E-state index contributed by atoms with van der Waals surface area (Å²) in [6, 6.07) is 17.2. The fourth-order valence-corrected chi connectivity index (χ4v) is 2.69. The molecule has 2 aromatic carbocycles. The molecule has 2 N–H and O–H groups in total. The summed E-state index contributed by atoms with van der Waals surface area (Å²) in [7, 11) is 1.65. The van der Waals surface area contributed by atoms with E-state index in [-0.39, 0.29) is 6.04 Å². The maximum Gasteiger partial charge on any atom is 0.118 e. The van der Waals surface area contributed by atoms with Gasteiger partial charge in [0.2, 0.25) is 0 Å². The number of rotatable bonds is 7. The number of nitrogens with one attached hydrogen (secondary N) is 1. The van der Waals surface area contributed by atoms with Gasteiger partial charge in [-0.25, -0.2) is 0 Å². The van der Waals surface area contributed by atoms with Crippen LogP contribution in [-0.2, 0) is 0 Å². The first-order valence-corrected chi connectivity index (χ1v) is 8.10. The molecule has 0 aromatic heterocycles. The van der Waals surface area contributed by atoms with E-state index in [2.05, 4.69) is 25.2 Å². The molecule has 2 unspecified atom stereocenters. The van der Waals surface area contributed by atoms with Gasteiger partial charge in [-0.3, -0.25) is 0 Å². The van der Waals surface area contributed by atoms with E-state index < -0.39 is 6.10 Å². The Morgan fingerprint density at radius 2 is 1.62 bits per heavy atom. The number of aliphatic hydroxyl groups is 1. The predicted octanol–water partition coefficient (Wildman–Crippen LogP) is 3.59. The van der Waals surface area contributed by atoms with Crippen molar-refractivity contribution >= 4 is 0 Å². The Balaban J connectivity index is 2.03. The molecule has 0 bridgehead atoms. The standard InChI is InChI=1S/C20H24N2O2/c1-14(2)20(17-8-10-18(24-3)11-9-17)22-13-19(23)16-6-4-15(12-21)5-7-16/h4-11,14,19-20,22-23H,13H2,1-3H3. The van der Waals surface area contributed by atoms with Crippen LogP contribution in [0.25, 0.3) is 0 Å². The lowest BCUT2D eigenvalue weighted by Crippen LogP contribution is -2.29. The summed E-state index contributed by atoms with van der Waals surface area (Å²) in [6.07, 6.45) is -0.614. The molecule has 0 aliphatic carbocycles. The number of hydrogen-bond donors (Lipinski definition) is 2. The van der Waals surface area contributed by atoms with E-state index in [0.29, 0.717) is 18.0 Å². The van der Waals surface area contributed by atoms with Gasteiger partial charge in [-0.2, -0.15) is 5.26 Å². The monoisotopic (exact) mass is 324 g/mol. The Morgan fingerprint density at radius 3 is 2.12 bits per heavy atom. The second-order valence-electron chi connectivity index (χ2n) is 6.15. The fraction of sp³-hybridized carbons (Fsp3) is 0.350. The molecular formula is C20H24N2O2. The van der Waals surface area contributed by atoms with Crippen LogP contribution in [-0.4, -0.2) is 18.8 Å².